The molecule has 0 spiro atoms. The van der Waals surface area contributed by atoms with Crippen molar-refractivity contribution < 1.29 is 13.2 Å². The smallest absolute Gasteiger partial charge is 0.268 e. The van der Waals surface area contributed by atoms with Gasteiger partial charge in [-0.05, 0) is 18.2 Å². The molecule has 0 heterocycles. The summed E-state index contributed by atoms with van der Waals surface area (Å²) in [5.74, 6) is -0.771. The predicted molar refractivity (Wildman–Crippen MR) is 47.5 cm³/mol. The van der Waals surface area contributed by atoms with Crippen LogP contribution in [0.3, 0.4) is 0 Å². The molecule has 0 saturated heterocycles. The molecule has 1 amide bonds. The SMILES string of the molecule is O=C(NS(=O)(=O)Cl)c1c[c]ccc1. The van der Waals surface area contributed by atoms with Crippen LogP contribution in [0.5, 0.6) is 0 Å². The van der Waals surface area contributed by atoms with Gasteiger partial charge in [0.05, 0.1) is 0 Å². The number of rotatable bonds is 2. The fraction of sp³-hybridized carbons (Fsp3) is 0. The van der Waals surface area contributed by atoms with Gasteiger partial charge in [0, 0.05) is 16.2 Å². The zero-order chi connectivity index (χ0) is 9.90. The summed E-state index contributed by atoms with van der Waals surface area (Å²) in [7, 11) is 0.795. The molecule has 0 fully saturated rings. The van der Waals surface area contributed by atoms with E-state index in [4.69, 9.17) is 10.7 Å². The Morgan fingerprint density at radius 3 is 2.69 bits per heavy atom. The zero-order valence-electron chi connectivity index (χ0n) is 6.32. The quantitative estimate of drug-likeness (QED) is 0.744. The zero-order valence-corrected chi connectivity index (χ0v) is 7.89. The lowest BCUT2D eigenvalue weighted by molar-refractivity contribution is 0.0982. The first-order valence-electron chi connectivity index (χ1n) is 3.22. The van der Waals surface area contributed by atoms with Gasteiger partial charge in [-0.2, -0.15) is 8.42 Å². The highest BCUT2D eigenvalue weighted by Crippen LogP contribution is 1.99. The topological polar surface area (TPSA) is 63.2 Å². The van der Waals surface area contributed by atoms with Crippen LogP contribution in [0.15, 0.2) is 24.3 Å². The Morgan fingerprint density at radius 1 is 1.54 bits per heavy atom. The van der Waals surface area contributed by atoms with Crippen LogP contribution in [-0.2, 0) is 9.24 Å². The van der Waals surface area contributed by atoms with Crippen LogP contribution in [0.25, 0.3) is 0 Å². The molecule has 1 N–H and O–H groups in total. The standard InChI is InChI=1S/C7H5ClNO3S/c8-13(11,12)9-7(10)6-4-2-1-3-5-6/h1-2,4-5H,(H,9,10). The van der Waals surface area contributed by atoms with E-state index in [2.05, 4.69) is 6.07 Å². The van der Waals surface area contributed by atoms with Gasteiger partial charge in [0.15, 0.2) is 0 Å². The van der Waals surface area contributed by atoms with Gasteiger partial charge in [-0.3, -0.25) is 4.79 Å². The summed E-state index contributed by atoms with van der Waals surface area (Å²) >= 11 is 0. The third kappa shape index (κ3) is 3.43. The Balaban J connectivity index is 2.82. The molecule has 1 radical (unpaired) electrons. The van der Waals surface area contributed by atoms with E-state index in [0.717, 1.165) is 0 Å². The summed E-state index contributed by atoms with van der Waals surface area (Å²) in [4.78, 5) is 11.1. The number of amides is 1. The molecule has 13 heavy (non-hydrogen) atoms. The fourth-order valence-electron chi connectivity index (χ4n) is 0.704. The maximum atomic E-state index is 11.1. The largest absolute Gasteiger partial charge is 0.321 e. The molecule has 0 saturated carbocycles. The Bertz CT molecular complexity index is 401. The number of hydrogen-bond donors (Lipinski definition) is 1. The van der Waals surface area contributed by atoms with E-state index in [0.29, 0.717) is 0 Å². The molecule has 4 nitrogen and oxygen atoms in total. The van der Waals surface area contributed by atoms with E-state index >= 15 is 0 Å². The first-order valence-corrected chi connectivity index (χ1v) is 5.53. The van der Waals surface area contributed by atoms with Crippen molar-refractivity contribution >= 4 is 25.8 Å². The minimum Gasteiger partial charge on any atom is -0.268 e. The van der Waals surface area contributed by atoms with Gasteiger partial charge >= 0.3 is 9.24 Å². The van der Waals surface area contributed by atoms with Crippen LogP contribution < -0.4 is 4.72 Å². The summed E-state index contributed by atoms with van der Waals surface area (Å²) < 4.78 is 22.5. The number of nitrogens with one attached hydrogen (secondary N) is 1. The van der Waals surface area contributed by atoms with Crippen LogP contribution in [-0.4, -0.2) is 14.3 Å². The second-order valence-electron chi connectivity index (χ2n) is 2.16. The molecule has 1 aromatic carbocycles. The normalized spacial score (nSPS) is 10.8. The minimum absolute atomic E-state index is 0.187. The van der Waals surface area contributed by atoms with Gasteiger partial charge in [0.25, 0.3) is 5.91 Å². The lowest BCUT2D eigenvalue weighted by Crippen LogP contribution is -2.26. The van der Waals surface area contributed by atoms with E-state index in [9.17, 15) is 13.2 Å². The van der Waals surface area contributed by atoms with Gasteiger partial charge in [-0.1, -0.05) is 12.1 Å². The predicted octanol–water partition coefficient (Wildman–Crippen LogP) is 0.700. The molecule has 0 aliphatic rings. The maximum absolute atomic E-state index is 11.1. The monoisotopic (exact) mass is 218 g/mol. The molecule has 0 aromatic heterocycles. The van der Waals surface area contributed by atoms with Crippen LogP contribution in [0, 0.1) is 6.07 Å². The summed E-state index contributed by atoms with van der Waals surface area (Å²) in [5.41, 5.74) is 0.187. The third-order valence-electron chi connectivity index (χ3n) is 1.18. The van der Waals surface area contributed by atoms with E-state index in [1.807, 2.05) is 0 Å². The van der Waals surface area contributed by atoms with Crippen molar-refractivity contribution in [2.45, 2.75) is 0 Å². The molecule has 69 valence electrons. The summed E-state index contributed by atoms with van der Waals surface area (Å²) in [5, 5.41) is 0. The summed E-state index contributed by atoms with van der Waals surface area (Å²) in [6.07, 6.45) is 0. The van der Waals surface area contributed by atoms with E-state index < -0.39 is 15.1 Å². The highest BCUT2D eigenvalue weighted by Gasteiger charge is 2.11. The molecule has 0 atom stereocenters. The lowest BCUT2D eigenvalue weighted by atomic mass is 10.2. The number of benzene rings is 1. The van der Waals surface area contributed by atoms with Gasteiger partial charge in [-0.25, -0.2) is 4.72 Å². The van der Waals surface area contributed by atoms with Crippen molar-refractivity contribution in [3.8, 4) is 0 Å². The second kappa shape index (κ2) is 3.76. The van der Waals surface area contributed by atoms with Crippen molar-refractivity contribution in [2.75, 3.05) is 0 Å². The van der Waals surface area contributed by atoms with Crippen molar-refractivity contribution in [1.29, 1.82) is 0 Å². The highest BCUT2D eigenvalue weighted by molar-refractivity contribution is 8.12. The van der Waals surface area contributed by atoms with Gasteiger partial charge < -0.3 is 0 Å². The molecule has 6 heteroatoms. The molecule has 0 unspecified atom stereocenters. The number of hydrogen-bond acceptors (Lipinski definition) is 3. The highest BCUT2D eigenvalue weighted by atomic mass is 35.7. The average molecular weight is 219 g/mol. The van der Waals surface area contributed by atoms with E-state index in [1.165, 1.54) is 12.1 Å². The van der Waals surface area contributed by atoms with E-state index in [-0.39, 0.29) is 5.56 Å². The fourth-order valence-corrected chi connectivity index (χ4v) is 1.25. The Labute approximate surface area is 80.1 Å². The Morgan fingerprint density at radius 2 is 2.23 bits per heavy atom. The van der Waals surface area contributed by atoms with Gasteiger partial charge in [0.1, 0.15) is 0 Å². The molecule has 1 rings (SSSR count). The number of carbonyl (C=O) groups excluding carboxylic acids is 1. The van der Waals surface area contributed by atoms with Crippen LogP contribution >= 0.6 is 10.7 Å². The number of carbonyl (C=O) groups is 1. The van der Waals surface area contributed by atoms with Crippen molar-refractivity contribution in [3.63, 3.8) is 0 Å². The first-order chi connectivity index (χ1) is 5.99. The minimum atomic E-state index is -4.01. The molecule has 0 bridgehead atoms. The Kier molecular flexibility index (Phi) is 2.90. The van der Waals surface area contributed by atoms with Crippen molar-refractivity contribution in [3.05, 3.63) is 35.9 Å². The van der Waals surface area contributed by atoms with Crippen LogP contribution in [0.4, 0.5) is 0 Å². The van der Waals surface area contributed by atoms with E-state index in [1.54, 1.807) is 16.9 Å². The molecular formula is C7H5ClNO3S. The van der Waals surface area contributed by atoms with Gasteiger partial charge in [0.2, 0.25) is 0 Å². The average Bonchev–Trinajstić information content (AvgIpc) is 2.03. The number of halogens is 1. The molecule has 0 aliphatic heterocycles. The molecular weight excluding hydrogens is 214 g/mol. The summed E-state index contributed by atoms with van der Waals surface area (Å²) in [6, 6.07) is 8.59. The van der Waals surface area contributed by atoms with Crippen molar-refractivity contribution in [2.24, 2.45) is 0 Å². The third-order valence-corrected chi connectivity index (χ3v) is 1.84. The first kappa shape index (κ1) is 10.0. The molecule has 0 aliphatic carbocycles. The summed E-state index contributed by atoms with van der Waals surface area (Å²) in [6.45, 7) is 0. The van der Waals surface area contributed by atoms with Crippen molar-refractivity contribution in [1.82, 2.24) is 4.72 Å². The second-order valence-corrected chi connectivity index (χ2v) is 4.46. The van der Waals surface area contributed by atoms with Crippen LogP contribution in [0.2, 0.25) is 0 Å². The Hall–Kier alpha value is -1.07. The van der Waals surface area contributed by atoms with Gasteiger partial charge in [-0.15, -0.1) is 0 Å². The molecule has 1 aromatic rings. The lowest BCUT2D eigenvalue weighted by Gasteiger charge is -1.99. The maximum Gasteiger partial charge on any atom is 0.321 e. The van der Waals surface area contributed by atoms with Crippen LogP contribution in [0.1, 0.15) is 10.4 Å².